The van der Waals surface area contributed by atoms with Crippen LogP contribution in [0.4, 0.5) is 0 Å². The maximum Gasteiger partial charge on any atom is 0.0797 e. The van der Waals surface area contributed by atoms with Crippen LogP contribution in [0.5, 0.6) is 0 Å². The number of hydrogen-bond acceptors (Lipinski definition) is 4. The van der Waals surface area contributed by atoms with E-state index in [0.29, 0.717) is 24.2 Å². The van der Waals surface area contributed by atoms with E-state index in [2.05, 4.69) is 20.5 Å². The first-order valence-electron chi connectivity index (χ1n) is 5.77. The zero-order valence-corrected chi connectivity index (χ0v) is 7.56. The van der Waals surface area contributed by atoms with E-state index in [1.165, 1.54) is 0 Å². The third-order valence-corrected chi connectivity index (χ3v) is 6.04. The standard InChI is InChI=1S/C10H10N4/c11-7-1-2-4-3(1)9(12-11)6-5(7)8(2)13-14-10(4)6/h1-10H/t1?,2?,3?,4?,5?,6?,7-,8+,9+,10-. The highest BCUT2D eigenvalue weighted by Gasteiger charge is 2.83. The van der Waals surface area contributed by atoms with Crippen LogP contribution in [0.1, 0.15) is 0 Å². The number of azo groups is 2. The normalized spacial score (nSPS) is 81.7. The number of nitrogens with zero attached hydrogens (tertiary/aromatic N) is 4. The van der Waals surface area contributed by atoms with Gasteiger partial charge in [0.2, 0.25) is 0 Å². The highest BCUT2D eigenvalue weighted by molar-refractivity contribution is 5.35. The SMILES string of the molecule is N1=N[C@H]2C3C4C5C3[C@H]3N=N[C@@H]5C(C32)[C@H]14. The van der Waals surface area contributed by atoms with Gasteiger partial charge in [0.1, 0.15) is 0 Å². The zero-order chi connectivity index (χ0) is 8.60. The van der Waals surface area contributed by atoms with Gasteiger partial charge in [0, 0.05) is 11.8 Å². The Hall–Kier alpha value is -0.800. The maximum atomic E-state index is 4.52. The maximum absolute atomic E-state index is 4.52. The molecule has 4 heterocycles. The van der Waals surface area contributed by atoms with E-state index in [4.69, 9.17) is 0 Å². The summed E-state index contributed by atoms with van der Waals surface area (Å²) in [6, 6.07) is 2.24. The molecule has 0 aromatic heterocycles. The first kappa shape index (κ1) is 5.93. The van der Waals surface area contributed by atoms with Crippen molar-refractivity contribution in [2.75, 3.05) is 0 Å². The summed E-state index contributed by atoms with van der Waals surface area (Å²) in [6.45, 7) is 0. The van der Waals surface area contributed by atoms with E-state index in [9.17, 15) is 0 Å². The van der Waals surface area contributed by atoms with Crippen molar-refractivity contribution in [2.45, 2.75) is 24.2 Å². The van der Waals surface area contributed by atoms with Crippen LogP contribution in [0.2, 0.25) is 0 Å². The van der Waals surface area contributed by atoms with E-state index >= 15 is 0 Å². The van der Waals surface area contributed by atoms with E-state index in [1.54, 1.807) is 0 Å². The molecule has 0 aromatic rings. The predicted molar refractivity (Wildman–Crippen MR) is 45.8 cm³/mol. The average molecular weight is 186 g/mol. The lowest BCUT2D eigenvalue weighted by Gasteiger charge is -2.51. The van der Waals surface area contributed by atoms with Crippen molar-refractivity contribution in [3.63, 3.8) is 0 Å². The van der Waals surface area contributed by atoms with Crippen molar-refractivity contribution in [2.24, 2.45) is 56.0 Å². The first-order chi connectivity index (χ1) is 6.97. The van der Waals surface area contributed by atoms with Crippen LogP contribution in [0.3, 0.4) is 0 Å². The summed E-state index contributed by atoms with van der Waals surface area (Å²) in [5.74, 6) is 5.00. The van der Waals surface area contributed by atoms with Crippen LogP contribution in [0.25, 0.3) is 0 Å². The molecule has 4 heteroatoms. The Morgan fingerprint density at radius 2 is 0.643 bits per heavy atom. The summed E-state index contributed by atoms with van der Waals surface area (Å²) in [7, 11) is 0. The van der Waals surface area contributed by atoms with Gasteiger partial charge < -0.3 is 0 Å². The van der Waals surface area contributed by atoms with Gasteiger partial charge in [-0.2, -0.15) is 20.5 Å². The zero-order valence-electron chi connectivity index (χ0n) is 7.56. The molecule has 6 atom stereocenters. The Bertz CT molecular complexity index is 346. The summed E-state index contributed by atoms with van der Waals surface area (Å²) in [4.78, 5) is 0. The third-order valence-electron chi connectivity index (χ3n) is 6.04. The molecular weight excluding hydrogens is 176 g/mol. The molecule has 3 saturated carbocycles. The van der Waals surface area contributed by atoms with Crippen molar-refractivity contribution in [1.29, 1.82) is 0 Å². The molecule has 3 aliphatic carbocycles. The van der Waals surface area contributed by atoms with Gasteiger partial charge in [-0.3, -0.25) is 0 Å². The van der Waals surface area contributed by atoms with E-state index < -0.39 is 0 Å². The molecule has 0 amide bonds. The monoisotopic (exact) mass is 186 g/mol. The molecule has 2 unspecified atom stereocenters. The summed E-state index contributed by atoms with van der Waals surface area (Å²) < 4.78 is 0. The van der Waals surface area contributed by atoms with E-state index in [0.717, 1.165) is 35.5 Å². The van der Waals surface area contributed by atoms with Gasteiger partial charge >= 0.3 is 0 Å². The summed E-state index contributed by atoms with van der Waals surface area (Å²) in [5.41, 5.74) is 0. The largest absolute Gasteiger partial charge is 0.190 e. The number of rotatable bonds is 0. The Labute approximate surface area is 80.9 Å². The molecule has 4 nitrogen and oxygen atoms in total. The minimum atomic E-state index is 0.561. The summed E-state index contributed by atoms with van der Waals surface area (Å²) in [5, 5.41) is 18.1. The lowest BCUT2D eigenvalue weighted by molar-refractivity contribution is -0.0235. The van der Waals surface area contributed by atoms with Gasteiger partial charge in [-0.1, -0.05) is 0 Å². The highest BCUT2D eigenvalue weighted by Crippen LogP contribution is 2.77. The molecule has 0 saturated heterocycles. The van der Waals surface area contributed by atoms with Crippen molar-refractivity contribution < 1.29 is 0 Å². The fourth-order valence-corrected chi connectivity index (χ4v) is 5.97. The van der Waals surface area contributed by atoms with Crippen molar-refractivity contribution >= 4 is 0 Å². The highest BCUT2D eigenvalue weighted by atomic mass is 15.3. The van der Waals surface area contributed by atoms with Crippen LogP contribution in [0, 0.1) is 35.5 Å². The Morgan fingerprint density at radius 3 is 0.929 bits per heavy atom. The van der Waals surface area contributed by atoms with Gasteiger partial charge in [-0.15, -0.1) is 0 Å². The molecule has 3 fully saturated rings. The molecule has 14 heavy (non-hydrogen) atoms. The Balaban J connectivity index is 1.81. The molecule has 4 bridgehead atoms. The van der Waals surface area contributed by atoms with Crippen molar-refractivity contribution in [1.82, 2.24) is 0 Å². The van der Waals surface area contributed by atoms with Gasteiger partial charge in [0.25, 0.3) is 0 Å². The second kappa shape index (κ2) is 1.39. The third kappa shape index (κ3) is 0.311. The fourth-order valence-electron chi connectivity index (χ4n) is 5.97. The molecule has 0 N–H and O–H groups in total. The molecule has 7 aliphatic rings. The Kier molecular flexibility index (Phi) is 0.588. The molecule has 0 radical (unpaired) electrons. The average Bonchev–Trinajstić information content (AvgIpc) is 2.57. The minimum absolute atomic E-state index is 0.561. The van der Waals surface area contributed by atoms with E-state index in [-0.39, 0.29) is 0 Å². The second-order valence-corrected chi connectivity index (χ2v) is 5.89. The van der Waals surface area contributed by atoms with Crippen LogP contribution >= 0.6 is 0 Å². The van der Waals surface area contributed by atoms with Crippen molar-refractivity contribution in [3.8, 4) is 0 Å². The van der Waals surface area contributed by atoms with Crippen molar-refractivity contribution in [3.05, 3.63) is 0 Å². The quantitative estimate of drug-likeness (QED) is 0.545. The van der Waals surface area contributed by atoms with Crippen LogP contribution < -0.4 is 0 Å². The van der Waals surface area contributed by atoms with Crippen LogP contribution in [0.15, 0.2) is 20.5 Å². The molecular formula is C10H10N4. The van der Waals surface area contributed by atoms with Gasteiger partial charge in [-0.25, -0.2) is 0 Å². The van der Waals surface area contributed by atoms with Gasteiger partial charge in [-0.05, 0) is 23.7 Å². The van der Waals surface area contributed by atoms with Gasteiger partial charge in [0.05, 0.1) is 24.2 Å². The summed E-state index contributed by atoms with van der Waals surface area (Å²) >= 11 is 0. The topological polar surface area (TPSA) is 49.4 Å². The summed E-state index contributed by atoms with van der Waals surface area (Å²) in [6.07, 6.45) is 0. The lowest BCUT2D eigenvalue weighted by Crippen LogP contribution is -2.54. The molecule has 0 spiro atoms. The predicted octanol–water partition coefficient (Wildman–Crippen LogP) is 1.14. The molecule has 7 rings (SSSR count). The van der Waals surface area contributed by atoms with E-state index in [1.807, 2.05) is 0 Å². The molecule has 70 valence electrons. The molecule has 0 aromatic carbocycles. The minimum Gasteiger partial charge on any atom is -0.190 e. The fraction of sp³-hybridized carbons (Fsp3) is 1.00. The first-order valence-corrected chi connectivity index (χ1v) is 5.77. The Morgan fingerprint density at radius 1 is 0.357 bits per heavy atom. The van der Waals surface area contributed by atoms with Crippen LogP contribution in [-0.2, 0) is 0 Å². The lowest BCUT2D eigenvalue weighted by atomic mass is 9.56. The van der Waals surface area contributed by atoms with Gasteiger partial charge in [0.15, 0.2) is 0 Å². The smallest absolute Gasteiger partial charge is 0.0797 e. The second-order valence-electron chi connectivity index (χ2n) is 5.89. The molecule has 4 aliphatic heterocycles. The number of hydrogen-bond donors (Lipinski definition) is 0. The van der Waals surface area contributed by atoms with Crippen LogP contribution in [-0.4, -0.2) is 24.2 Å².